The first-order valence-corrected chi connectivity index (χ1v) is 10.5. The van der Waals surface area contributed by atoms with Gasteiger partial charge in [0.1, 0.15) is 18.2 Å². The number of amides is 2. The minimum atomic E-state index is -1.78. The Hall–Kier alpha value is -2.87. The molecule has 32 heavy (non-hydrogen) atoms. The van der Waals surface area contributed by atoms with Gasteiger partial charge in [-0.05, 0) is 17.4 Å². The zero-order valence-corrected chi connectivity index (χ0v) is 18.7. The molecule has 1 aromatic carbocycles. The average molecular weight is 443 g/mol. The summed E-state index contributed by atoms with van der Waals surface area (Å²) < 4.78 is 10.7. The number of nitriles is 1. The zero-order valence-electron chi connectivity index (χ0n) is 18.7. The molecular formula is C22H30BN3O6. The molecule has 0 aromatic heterocycles. The lowest BCUT2D eigenvalue weighted by atomic mass is 9.76. The molecule has 2 atom stereocenters. The highest BCUT2D eigenvalue weighted by atomic mass is 16.6. The van der Waals surface area contributed by atoms with Crippen molar-refractivity contribution < 1.29 is 29.1 Å². The molecule has 0 radical (unpaired) electrons. The molecule has 9 nitrogen and oxygen atoms in total. The Morgan fingerprint density at radius 3 is 2.66 bits per heavy atom. The van der Waals surface area contributed by atoms with E-state index in [-0.39, 0.29) is 37.2 Å². The SMILES string of the molecule is CC(C)(C)C=C(C#N)C(=O)N1CCOC[C@@H]1COC(=O)N[C@@H](Cc1ccccc1)B(O)O. The second-order valence-electron chi connectivity index (χ2n) is 8.72. The van der Waals surface area contributed by atoms with Crippen LogP contribution in [0.3, 0.4) is 0 Å². The molecule has 3 N–H and O–H groups in total. The number of allylic oxidation sites excluding steroid dienone is 1. The van der Waals surface area contributed by atoms with Gasteiger partial charge in [-0.25, -0.2) is 4.79 Å². The number of nitrogens with zero attached hydrogens (tertiary/aromatic N) is 2. The molecule has 10 heteroatoms. The van der Waals surface area contributed by atoms with Crippen LogP contribution < -0.4 is 5.32 Å². The van der Waals surface area contributed by atoms with Crippen LogP contribution in [0, 0.1) is 16.7 Å². The predicted octanol–water partition coefficient (Wildman–Crippen LogP) is 1.06. The molecule has 1 fully saturated rings. The van der Waals surface area contributed by atoms with Crippen molar-refractivity contribution in [2.24, 2.45) is 5.41 Å². The van der Waals surface area contributed by atoms with Gasteiger partial charge in [-0.3, -0.25) is 4.79 Å². The molecule has 0 spiro atoms. The molecule has 1 aromatic rings. The van der Waals surface area contributed by atoms with E-state index in [9.17, 15) is 24.9 Å². The van der Waals surface area contributed by atoms with E-state index in [2.05, 4.69) is 5.32 Å². The minimum Gasteiger partial charge on any atom is -0.447 e. The van der Waals surface area contributed by atoms with Crippen molar-refractivity contribution in [3.63, 3.8) is 0 Å². The Labute approximate surface area is 188 Å². The van der Waals surface area contributed by atoms with Gasteiger partial charge in [0.15, 0.2) is 0 Å². The maximum absolute atomic E-state index is 12.9. The van der Waals surface area contributed by atoms with Crippen molar-refractivity contribution in [3.8, 4) is 6.07 Å². The van der Waals surface area contributed by atoms with E-state index in [0.717, 1.165) is 5.56 Å². The van der Waals surface area contributed by atoms with Gasteiger partial charge in [-0.1, -0.05) is 57.2 Å². The number of nitrogens with one attached hydrogen (secondary N) is 1. The van der Waals surface area contributed by atoms with E-state index in [0.29, 0.717) is 6.61 Å². The van der Waals surface area contributed by atoms with Crippen molar-refractivity contribution in [3.05, 3.63) is 47.5 Å². The smallest absolute Gasteiger partial charge is 0.447 e. The molecule has 0 saturated carbocycles. The molecule has 2 rings (SSSR count). The standard InChI is InChI=1S/C22H30BN3O6/c1-22(2,3)12-17(13-24)20(27)26-9-10-31-14-18(26)15-32-21(28)25-19(23(29)30)11-16-7-5-4-6-8-16/h4-8,12,18-19,29-30H,9-11,14-15H2,1-3H3,(H,25,28)/t18-,19+/m1/s1. The summed E-state index contributed by atoms with van der Waals surface area (Å²) in [7, 11) is -1.78. The first-order valence-electron chi connectivity index (χ1n) is 10.5. The Morgan fingerprint density at radius 1 is 1.38 bits per heavy atom. The van der Waals surface area contributed by atoms with Gasteiger partial charge in [0.2, 0.25) is 0 Å². The summed E-state index contributed by atoms with van der Waals surface area (Å²) in [5.74, 6) is -1.40. The third-order valence-corrected chi connectivity index (χ3v) is 4.78. The summed E-state index contributed by atoms with van der Waals surface area (Å²) in [5.41, 5.74) is 0.496. The van der Waals surface area contributed by atoms with Gasteiger partial charge < -0.3 is 29.7 Å². The summed E-state index contributed by atoms with van der Waals surface area (Å²) in [6.07, 6.45) is 0.975. The first kappa shape index (κ1) is 25.4. The Kier molecular flexibility index (Phi) is 9.26. The monoisotopic (exact) mass is 443 g/mol. The second kappa shape index (κ2) is 11.7. The van der Waals surface area contributed by atoms with Gasteiger partial charge >= 0.3 is 13.2 Å². The van der Waals surface area contributed by atoms with Crippen LogP contribution in [0.25, 0.3) is 0 Å². The van der Waals surface area contributed by atoms with Gasteiger partial charge in [0.25, 0.3) is 5.91 Å². The van der Waals surface area contributed by atoms with Crippen molar-refractivity contribution in [2.75, 3.05) is 26.4 Å². The van der Waals surface area contributed by atoms with Crippen molar-refractivity contribution in [2.45, 2.75) is 39.2 Å². The van der Waals surface area contributed by atoms with E-state index in [1.54, 1.807) is 6.08 Å². The number of alkyl carbamates (subject to hydrolysis) is 1. The Bertz CT molecular complexity index is 847. The molecule has 0 unspecified atom stereocenters. The van der Waals surface area contributed by atoms with Crippen LogP contribution in [0.5, 0.6) is 0 Å². The summed E-state index contributed by atoms with van der Waals surface area (Å²) in [6.45, 7) is 6.26. The molecule has 1 aliphatic heterocycles. The average Bonchev–Trinajstić information content (AvgIpc) is 2.75. The van der Waals surface area contributed by atoms with Gasteiger partial charge in [-0.2, -0.15) is 5.26 Å². The fourth-order valence-electron chi connectivity index (χ4n) is 3.25. The lowest BCUT2D eigenvalue weighted by Crippen LogP contribution is -2.53. The zero-order chi connectivity index (χ0) is 23.7. The number of hydrogen-bond acceptors (Lipinski definition) is 7. The maximum atomic E-state index is 12.9. The highest BCUT2D eigenvalue weighted by Gasteiger charge is 2.32. The summed E-state index contributed by atoms with van der Waals surface area (Å²) in [4.78, 5) is 26.6. The highest BCUT2D eigenvalue weighted by molar-refractivity contribution is 6.43. The van der Waals surface area contributed by atoms with Crippen LogP contribution in [0.2, 0.25) is 0 Å². The molecule has 0 aliphatic carbocycles. The molecule has 2 amide bonds. The predicted molar refractivity (Wildman–Crippen MR) is 118 cm³/mol. The number of ether oxygens (including phenoxy) is 2. The topological polar surface area (TPSA) is 132 Å². The van der Waals surface area contributed by atoms with Crippen LogP contribution in [0.15, 0.2) is 42.0 Å². The third kappa shape index (κ3) is 8.00. The van der Waals surface area contributed by atoms with Crippen LogP contribution in [-0.4, -0.2) is 72.4 Å². The van der Waals surface area contributed by atoms with Crippen molar-refractivity contribution in [1.29, 1.82) is 5.26 Å². The molecule has 172 valence electrons. The lowest BCUT2D eigenvalue weighted by Gasteiger charge is -2.35. The number of hydrogen-bond donors (Lipinski definition) is 3. The van der Waals surface area contributed by atoms with E-state index in [1.165, 1.54) is 4.90 Å². The van der Waals surface area contributed by atoms with Gasteiger partial charge in [-0.15, -0.1) is 0 Å². The number of rotatable bonds is 7. The number of carbonyl (C=O) groups is 2. The largest absolute Gasteiger partial charge is 0.475 e. The summed E-state index contributed by atoms with van der Waals surface area (Å²) >= 11 is 0. The molecule has 1 saturated heterocycles. The van der Waals surface area contributed by atoms with Crippen molar-refractivity contribution in [1.82, 2.24) is 10.2 Å². The quantitative estimate of drug-likeness (QED) is 0.326. The van der Waals surface area contributed by atoms with E-state index < -0.39 is 31.1 Å². The molecule has 0 bridgehead atoms. The van der Waals surface area contributed by atoms with Crippen molar-refractivity contribution >= 4 is 19.1 Å². The molecule has 1 aliphatic rings. The Morgan fingerprint density at radius 2 is 2.06 bits per heavy atom. The van der Waals surface area contributed by atoms with Gasteiger partial charge in [0.05, 0.1) is 25.2 Å². The fourth-order valence-corrected chi connectivity index (χ4v) is 3.25. The minimum absolute atomic E-state index is 0.0279. The van der Waals surface area contributed by atoms with E-state index in [4.69, 9.17) is 9.47 Å². The van der Waals surface area contributed by atoms with Crippen LogP contribution in [-0.2, 0) is 20.7 Å². The fraction of sp³-hybridized carbons (Fsp3) is 0.500. The van der Waals surface area contributed by atoms with Gasteiger partial charge in [0, 0.05) is 6.54 Å². The van der Waals surface area contributed by atoms with Crippen LogP contribution in [0.4, 0.5) is 4.79 Å². The Balaban J connectivity index is 1.99. The summed E-state index contributed by atoms with van der Waals surface area (Å²) in [6, 6.07) is 10.5. The third-order valence-electron chi connectivity index (χ3n) is 4.78. The van der Waals surface area contributed by atoms with Crippen LogP contribution in [0.1, 0.15) is 26.3 Å². The second-order valence-corrected chi connectivity index (χ2v) is 8.72. The van der Waals surface area contributed by atoms with E-state index in [1.807, 2.05) is 57.2 Å². The number of benzene rings is 1. The molecular weight excluding hydrogens is 413 g/mol. The molecule has 1 heterocycles. The normalized spacial score (nSPS) is 17.8. The van der Waals surface area contributed by atoms with E-state index >= 15 is 0 Å². The summed E-state index contributed by atoms with van der Waals surface area (Å²) in [5, 5.41) is 31.1. The maximum Gasteiger partial charge on any atom is 0.475 e. The first-order chi connectivity index (χ1) is 15.1. The lowest BCUT2D eigenvalue weighted by molar-refractivity contribution is -0.137. The highest BCUT2D eigenvalue weighted by Crippen LogP contribution is 2.20. The number of carbonyl (C=O) groups excluding carboxylic acids is 2. The van der Waals surface area contributed by atoms with Crippen LogP contribution >= 0.6 is 0 Å². The number of morpholine rings is 1.